The number of hydrogen-bond donors (Lipinski definition) is 1. The fourth-order valence-electron chi connectivity index (χ4n) is 2.49. The van der Waals surface area contributed by atoms with Crippen molar-refractivity contribution in [2.75, 3.05) is 6.54 Å². The number of hydrogen-bond acceptors (Lipinski definition) is 1. The Morgan fingerprint density at radius 1 is 1.20 bits per heavy atom. The van der Waals surface area contributed by atoms with E-state index in [0.717, 1.165) is 18.5 Å². The molecule has 1 aliphatic rings. The minimum absolute atomic E-state index is 0.786. The van der Waals surface area contributed by atoms with Gasteiger partial charge < -0.3 is 5.32 Å². The van der Waals surface area contributed by atoms with Gasteiger partial charge in [0.2, 0.25) is 0 Å². The number of rotatable bonds is 5. The normalized spacial score (nSPS) is 26.3. The minimum Gasteiger partial charge on any atom is -0.311 e. The second-order valence-corrected chi connectivity index (χ2v) is 5.20. The van der Waals surface area contributed by atoms with E-state index in [2.05, 4.69) is 32.2 Å². The molecule has 15 heavy (non-hydrogen) atoms. The molecule has 0 saturated heterocycles. The van der Waals surface area contributed by atoms with Crippen LogP contribution in [0.3, 0.4) is 0 Å². The van der Waals surface area contributed by atoms with Gasteiger partial charge in [-0.25, -0.2) is 0 Å². The van der Waals surface area contributed by atoms with Crippen LogP contribution in [0, 0.1) is 5.92 Å². The molecule has 0 amide bonds. The summed E-state index contributed by atoms with van der Waals surface area (Å²) < 4.78 is 0. The molecule has 88 valence electrons. The third-order valence-electron chi connectivity index (χ3n) is 3.46. The fraction of sp³-hybridized carbons (Fsp3) is 0.857. The van der Waals surface area contributed by atoms with Crippen LogP contribution < -0.4 is 5.32 Å². The third kappa shape index (κ3) is 5.36. The van der Waals surface area contributed by atoms with Crippen molar-refractivity contribution in [2.24, 2.45) is 5.92 Å². The summed E-state index contributed by atoms with van der Waals surface area (Å²) >= 11 is 0. The van der Waals surface area contributed by atoms with Crippen molar-refractivity contribution in [3.05, 3.63) is 11.6 Å². The van der Waals surface area contributed by atoms with Crippen LogP contribution in [0.4, 0.5) is 0 Å². The number of nitrogens with one attached hydrogen (secondary N) is 1. The molecule has 0 aromatic heterocycles. The van der Waals surface area contributed by atoms with Crippen molar-refractivity contribution in [2.45, 2.75) is 65.3 Å². The maximum Gasteiger partial charge on any atom is 0.0139 e. The van der Waals surface area contributed by atoms with Crippen LogP contribution in [0.5, 0.6) is 0 Å². The minimum atomic E-state index is 0.786. The molecule has 0 bridgehead atoms. The van der Waals surface area contributed by atoms with Crippen molar-refractivity contribution in [3.8, 4) is 0 Å². The molecule has 1 saturated carbocycles. The first-order chi connectivity index (χ1) is 7.22. The monoisotopic (exact) mass is 209 g/mol. The summed E-state index contributed by atoms with van der Waals surface area (Å²) in [5.74, 6) is 1.02. The van der Waals surface area contributed by atoms with Crippen molar-refractivity contribution in [1.82, 2.24) is 5.32 Å². The van der Waals surface area contributed by atoms with E-state index < -0.39 is 0 Å². The molecule has 1 aliphatic carbocycles. The Hall–Kier alpha value is -0.300. The Kier molecular flexibility index (Phi) is 6.00. The standard InChI is InChI=1S/C14H27N/c1-4-5-13-6-8-14(9-7-13)15-11-10-12(2)3/h10,13-15H,4-9,11H2,1-3H3. The molecule has 0 aromatic rings. The molecule has 1 N–H and O–H groups in total. The smallest absolute Gasteiger partial charge is 0.0139 e. The number of allylic oxidation sites excluding steroid dienone is 1. The van der Waals surface area contributed by atoms with Crippen molar-refractivity contribution in [3.63, 3.8) is 0 Å². The summed E-state index contributed by atoms with van der Waals surface area (Å²) in [7, 11) is 0. The lowest BCUT2D eigenvalue weighted by atomic mass is 9.83. The molecular weight excluding hydrogens is 182 g/mol. The highest BCUT2D eigenvalue weighted by atomic mass is 14.9. The van der Waals surface area contributed by atoms with Crippen LogP contribution in [-0.4, -0.2) is 12.6 Å². The largest absolute Gasteiger partial charge is 0.311 e. The van der Waals surface area contributed by atoms with E-state index in [-0.39, 0.29) is 0 Å². The maximum absolute atomic E-state index is 3.64. The Bertz CT molecular complexity index is 184. The van der Waals surface area contributed by atoms with E-state index in [0.29, 0.717) is 0 Å². The molecule has 0 heterocycles. The first-order valence-corrected chi connectivity index (χ1v) is 6.59. The van der Waals surface area contributed by atoms with Gasteiger partial charge in [0, 0.05) is 12.6 Å². The summed E-state index contributed by atoms with van der Waals surface area (Å²) in [5.41, 5.74) is 1.42. The molecule has 0 aliphatic heterocycles. The molecule has 0 atom stereocenters. The van der Waals surface area contributed by atoms with E-state index in [9.17, 15) is 0 Å². The predicted octanol–water partition coefficient (Wildman–Crippen LogP) is 3.90. The van der Waals surface area contributed by atoms with Crippen molar-refractivity contribution < 1.29 is 0 Å². The lowest BCUT2D eigenvalue weighted by Crippen LogP contribution is -2.33. The summed E-state index contributed by atoms with van der Waals surface area (Å²) in [6, 6.07) is 0.786. The average molecular weight is 209 g/mol. The zero-order valence-corrected chi connectivity index (χ0v) is 10.7. The molecule has 0 spiro atoms. The SMILES string of the molecule is CCCC1CCC(NCC=C(C)C)CC1. The molecule has 0 radical (unpaired) electrons. The highest BCUT2D eigenvalue weighted by Gasteiger charge is 2.19. The van der Waals surface area contributed by atoms with Gasteiger partial charge in [-0.05, 0) is 45.4 Å². The summed E-state index contributed by atoms with van der Waals surface area (Å²) in [6.07, 6.45) is 10.8. The molecule has 1 rings (SSSR count). The van der Waals surface area contributed by atoms with E-state index in [1.54, 1.807) is 0 Å². The second kappa shape index (κ2) is 7.05. The van der Waals surface area contributed by atoms with Crippen LogP contribution in [0.2, 0.25) is 0 Å². The van der Waals surface area contributed by atoms with Crippen LogP contribution in [0.25, 0.3) is 0 Å². The lowest BCUT2D eigenvalue weighted by molar-refractivity contribution is 0.283. The Balaban J connectivity index is 2.12. The third-order valence-corrected chi connectivity index (χ3v) is 3.46. The van der Waals surface area contributed by atoms with Gasteiger partial charge in [-0.3, -0.25) is 0 Å². The maximum atomic E-state index is 3.64. The van der Waals surface area contributed by atoms with Crippen molar-refractivity contribution in [1.29, 1.82) is 0 Å². The van der Waals surface area contributed by atoms with Gasteiger partial charge in [-0.1, -0.05) is 31.4 Å². The van der Waals surface area contributed by atoms with Crippen LogP contribution >= 0.6 is 0 Å². The van der Waals surface area contributed by atoms with Crippen LogP contribution in [-0.2, 0) is 0 Å². The second-order valence-electron chi connectivity index (χ2n) is 5.20. The molecule has 1 heteroatoms. The molecular formula is C14H27N. The van der Waals surface area contributed by atoms with E-state index >= 15 is 0 Å². The van der Waals surface area contributed by atoms with Gasteiger partial charge in [0.1, 0.15) is 0 Å². The molecule has 1 fully saturated rings. The zero-order valence-electron chi connectivity index (χ0n) is 10.7. The van der Waals surface area contributed by atoms with Gasteiger partial charge in [0.25, 0.3) is 0 Å². The Morgan fingerprint density at radius 3 is 2.40 bits per heavy atom. The van der Waals surface area contributed by atoms with Gasteiger partial charge in [-0.15, -0.1) is 0 Å². The van der Waals surface area contributed by atoms with E-state index in [1.807, 2.05) is 0 Å². The van der Waals surface area contributed by atoms with Gasteiger partial charge in [0.05, 0.1) is 0 Å². The summed E-state index contributed by atoms with van der Waals surface area (Å²) in [6.45, 7) is 7.70. The topological polar surface area (TPSA) is 12.0 Å². The lowest BCUT2D eigenvalue weighted by Gasteiger charge is -2.28. The van der Waals surface area contributed by atoms with Crippen molar-refractivity contribution >= 4 is 0 Å². The first kappa shape index (κ1) is 12.8. The quantitative estimate of drug-likeness (QED) is 0.677. The fourth-order valence-corrected chi connectivity index (χ4v) is 2.49. The molecule has 0 unspecified atom stereocenters. The zero-order chi connectivity index (χ0) is 11.1. The Labute approximate surface area is 95.3 Å². The first-order valence-electron chi connectivity index (χ1n) is 6.59. The average Bonchev–Trinajstić information content (AvgIpc) is 2.20. The molecule has 0 aromatic carbocycles. The highest BCUT2D eigenvalue weighted by Crippen LogP contribution is 2.27. The molecule has 1 nitrogen and oxygen atoms in total. The van der Waals surface area contributed by atoms with E-state index in [4.69, 9.17) is 0 Å². The van der Waals surface area contributed by atoms with Gasteiger partial charge in [0.15, 0.2) is 0 Å². The summed E-state index contributed by atoms with van der Waals surface area (Å²) in [5, 5.41) is 3.64. The van der Waals surface area contributed by atoms with Crippen LogP contribution in [0.1, 0.15) is 59.3 Å². The van der Waals surface area contributed by atoms with Crippen LogP contribution in [0.15, 0.2) is 11.6 Å². The summed E-state index contributed by atoms with van der Waals surface area (Å²) in [4.78, 5) is 0. The van der Waals surface area contributed by atoms with Gasteiger partial charge in [-0.2, -0.15) is 0 Å². The Morgan fingerprint density at radius 2 is 1.87 bits per heavy atom. The predicted molar refractivity (Wildman–Crippen MR) is 68.1 cm³/mol. The van der Waals surface area contributed by atoms with E-state index in [1.165, 1.54) is 44.1 Å². The highest BCUT2D eigenvalue weighted by molar-refractivity contribution is 4.95. The van der Waals surface area contributed by atoms with Gasteiger partial charge >= 0.3 is 0 Å².